The number of ketones is 1. The largest absolute Gasteiger partial charge is 0.416 e. The number of carbonyl (C=O) groups excluding carboxylic acids is 1. The molecule has 23 heavy (non-hydrogen) atoms. The molecule has 4 nitrogen and oxygen atoms in total. The number of hydrogen-bond acceptors (Lipinski definition) is 4. The summed E-state index contributed by atoms with van der Waals surface area (Å²) in [5.74, 6) is -1.44. The SMILES string of the molecule is O=C1c2ncccc2CS(=O)(=O)C1c1ccccc1C(F)(F)F. The third-order valence-corrected chi connectivity index (χ3v) is 5.53. The molecule has 0 spiro atoms. The van der Waals surface area contributed by atoms with E-state index in [4.69, 9.17) is 0 Å². The Kier molecular flexibility index (Phi) is 3.51. The van der Waals surface area contributed by atoms with Gasteiger partial charge in [0.2, 0.25) is 5.78 Å². The number of Topliss-reactive ketones (excluding diaryl/α,β-unsaturated/α-hetero) is 1. The minimum Gasteiger partial charge on any atom is -0.291 e. The predicted molar refractivity (Wildman–Crippen MR) is 75.4 cm³/mol. The predicted octanol–water partition coefficient (Wildman–Crippen LogP) is 2.95. The van der Waals surface area contributed by atoms with Gasteiger partial charge in [-0.15, -0.1) is 0 Å². The molecular formula is C15H10F3NO3S. The number of carbonyl (C=O) groups is 1. The van der Waals surface area contributed by atoms with Crippen molar-refractivity contribution in [3.63, 3.8) is 0 Å². The van der Waals surface area contributed by atoms with Crippen LogP contribution in [0.3, 0.4) is 0 Å². The summed E-state index contributed by atoms with van der Waals surface area (Å²) in [5, 5.41) is -1.89. The first-order valence-electron chi connectivity index (χ1n) is 6.57. The van der Waals surface area contributed by atoms with E-state index in [0.717, 1.165) is 18.2 Å². The van der Waals surface area contributed by atoms with Gasteiger partial charge in [0.1, 0.15) is 5.69 Å². The highest BCUT2D eigenvalue weighted by atomic mass is 32.2. The summed E-state index contributed by atoms with van der Waals surface area (Å²) < 4.78 is 64.3. The zero-order valence-corrected chi connectivity index (χ0v) is 12.4. The molecule has 3 rings (SSSR count). The highest BCUT2D eigenvalue weighted by Gasteiger charge is 2.45. The van der Waals surface area contributed by atoms with Crippen molar-refractivity contribution in [1.29, 1.82) is 0 Å². The van der Waals surface area contributed by atoms with Gasteiger partial charge in [-0.1, -0.05) is 24.3 Å². The number of nitrogens with zero attached hydrogens (tertiary/aromatic N) is 1. The summed E-state index contributed by atoms with van der Waals surface area (Å²) in [5.41, 5.74) is -1.56. The number of halogens is 3. The second kappa shape index (κ2) is 5.16. The van der Waals surface area contributed by atoms with Crippen LogP contribution in [-0.2, 0) is 21.8 Å². The maximum Gasteiger partial charge on any atom is 0.416 e. The van der Waals surface area contributed by atoms with Gasteiger partial charge in [0, 0.05) is 6.20 Å². The van der Waals surface area contributed by atoms with Gasteiger partial charge in [-0.2, -0.15) is 13.2 Å². The fourth-order valence-electron chi connectivity index (χ4n) is 2.68. The summed E-state index contributed by atoms with van der Waals surface area (Å²) in [6.07, 6.45) is -3.45. The summed E-state index contributed by atoms with van der Waals surface area (Å²) in [4.78, 5) is 16.3. The van der Waals surface area contributed by atoms with Crippen molar-refractivity contribution in [1.82, 2.24) is 4.98 Å². The number of alkyl halides is 3. The van der Waals surface area contributed by atoms with Gasteiger partial charge < -0.3 is 0 Å². The fourth-order valence-corrected chi connectivity index (χ4v) is 4.55. The average Bonchev–Trinajstić information content (AvgIpc) is 2.46. The van der Waals surface area contributed by atoms with Gasteiger partial charge in [0.25, 0.3) is 0 Å². The van der Waals surface area contributed by atoms with Gasteiger partial charge in [-0.05, 0) is 23.3 Å². The summed E-state index contributed by atoms with van der Waals surface area (Å²) in [7, 11) is -4.11. The number of fused-ring (bicyclic) bond motifs is 1. The van der Waals surface area contributed by atoms with E-state index in [9.17, 15) is 26.4 Å². The van der Waals surface area contributed by atoms with Gasteiger partial charge in [0.15, 0.2) is 15.1 Å². The van der Waals surface area contributed by atoms with Gasteiger partial charge >= 0.3 is 6.18 Å². The zero-order chi connectivity index (χ0) is 16.8. The second-order valence-electron chi connectivity index (χ2n) is 5.15. The van der Waals surface area contributed by atoms with Crippen LogP contribution < -0.4 is 0 Å². The Morgan fingerprint density at radius 2 is 1.78 bits per heavy atom. The van der Waals surface area contributed by atoms with Crippen LogP contribution in [-0.4, -0.2) is 19.2 Å². The number of hydrogen-bond donors (Lipinski definition) is 0. The van der Waals surface area contributed by atoms with Crippen LogP contribution >= 0.6 is 0 Å². The molecule has 0 aliphatic carbocycles. The molecule has 0 amide bonds. The standard InChI is InChI=1S/C15H10F3NO3S/c16-15(17,18)11-6-2-1-5-10(11)14-13(20)12-9(4-3-7-19-12)8-23(14,21)22/h1-7,14H,8H2. The first-order valence-corrected chi connectivity index (χ1v) is 8.29. The molecular weight excluding hydrogens is 331 g/mol. The van der Waals surface area contributed by atoms with E-state index in [1.165, 1.54) is 24.4 Å². The van der Waals surface area contributed by atoms with Crippen LogP contribution in [0.25, 0.3) is 0 Å². The molecule has 0 saturated heterocycles. The van der Waals surface area contributed by atoms with Crippen molar-refractivity contribution < 1.29 is 26.4 Å². The lowest BCUT2D eigenvalue weighted by Gasteiger charge is -2.25. The lowest BCUT2D eigenvalue weighted by atomic mass is 9.98. The van der Waals surface area contributed by atoms with Crippen LogP contribution in [0.5, 0.6) is 0 Å². The van der Waals surface area contributed by atoms with Crippen LogP contribution in [0.2, 0.25) is 0 Å². The van der Waals surface area contributed by atoms with Crippen LogP contribution in [0.1, 0.15) is 32.4 Å². The van der Waals surface area contributed by atoms with Gasteiger partial charge in [0.05, 0.1) is 11.3 Å². The molecule has 0 fully saturated rings. The van der Waals surface area contributed by atoms with Crippen molar-refractivity contribution >= 4 is 15.6 Å². The first kappa shape index (κ1) is 15.7. The number of rotatable bonds is 1. The Hall–Kier alpha value is -2.22. The Morgan fingerprint density at radius 1 is 1.09 bits per heavy atom. The first-order chi connectivity index (χ1) is 10.7. The number of aromatic nitrogens is 1. The minimum atomic E-state index is -4.75. The molecule has 2 heterocycles. The molecule has 0 saturated carbocycles. The van der Waals surface area contributed by atoms with E-state index in [0.29, 0.717) is 0 Å². The van der Waals surface area contributed by atoms with E-state index in [1.807, 2.05) is 0 Å². The molecule has 1 atom stereocenters. The lowest BCUT2D eigenvalue weighted by Crippen LogP contribution is -2.32. The molecule has 1 aliphatic heterocycles. The monoisotopic (exact) mass is 341 g/mol. The van der Waals surface area contributed by atoms with Crippen LogP contribution in [0.4, 0.5) is 13.2 Å². The van der Waals surface area contributed by atoms with Crippen molar-refractivity contribution in [3.8, 4) is 0 Å². The molecule has 120 valence electrons. The molecule has 1 unspecified atom stereocenters. The molecule has 8 heteroatoms. The van der Waals surface area contributed by atoms with Crippen molar-refractivity contribution in [2.24, 2.45) is 0 Å². The topological polar surface area (TPSA) is 64.1 Å². The van der Waals surface area contributed by atoms with E-state index >= 15 is 0 Å². The fraction of sp³-hybridized carbons (Fsp3) is 0.200. The molecule has 1 aromatic carbocycles. The Bertz CT molecular complexity index is 891. The Labute approximate surface area is 129 Å². The average molecular weight is 341 g/mol. The van der Waals surface area contributed by atoms with E-state index in [2.05, 4.69) is 4.98 Å². The third-order valence-electron chi connectivity index (χ3n) is 3.63. The number of pyridine rings is 1. The highest BCUT2D eigenvalue weighted by molar-refractivity contribution is 7.91. The third kappa shape index (κ3) is 2.63. The summed E-state index contributed by atoms with van der Waals surface area (Å²) in [6, 6.07) is 7.14. The maximum absolute atomic E-state index is 13.2. The number of benzene rings is 1. The van der Waals surface area contributed by atoms with E-state index < -0.39 is 43.9 Å². The van der Waals surface area contributed by atoms with Crippen LogP contribution in [0, 0.1) is 0 Å². The summed E-state index contributed by atoms with van der Waals surface area (Å²) >= 11 is 0. The van der Waals surface area contributed by atoms with Crippen molar-refractivity contribution in [2.75, 3.05) is 0 Å². The quantitative estimate of drug-likeness (QED) is 0.800. The lowest BCUT2D eigenvalue weighted by molar-refractivity contribution is -0.138. The Morgan fingerprint density at radius 3 is 2.48 bits per heavy atom. The van der Waals surface area contributed by atoms with Crippen molar-refractivity contribution in [3.05, 3.63) is 65.0 Å². The number of sulfone groups is 1. The van der Waals surface area contributed by atoms with E-state index in [1.54, 1.807) is 0 Å². The molecule has 1 aromatic heterocycles. The molecule has 0 radical (unpaired) electrons. The summed E-state index contributed by atoms with van der Waals surface area (Å²) in [6.45, 7) is 0. The van der Waals surface area contributed by atoms with E-state index in [-0.39, 0.29) is 11.3 Å². The molecule has 0 N–H and O–H groups in total. The normalized spacial score (nSPS) is 20.1. The minimum absolute atomic E-state index is 0.0932. The smallest absolute Gasteiger partial charge is 0.291 e. The van der Waals surface area contributed by atoms with Crippen LogP contribution in [0.15, 0.2) is 42.6 Å². The van der Waals surface area contributed by atoms with Gasteiger partial charge in [-0.3, -0.25) is 9.78 Å². The van der Waals surface area contributed by atoms with Gasteiger partial charge in [-0.25, -0.2) is 8.42 Å². The second-order valence-corrected chi connectivity index (χ2v) is 7.23. The molecule has 2 aromatic rings. The zero-order valence-electron chi connectivity index (χ0n) is 11.5. The Balaban J connectivity index is 2.24. The molecule has 0 bridgehead atoms. The highest BCUT2D eigenvalue weighted by Crippen LogP contribution is 2.41. The molecule has 1 aliphatic rings. The van der Waals surface area contributed by atoms with Crippen molar-refractivity contribution in [2.45, 2.75) is 17.2 Å². The maximum atomic E-state index is 13.2.